The van der Waals surface area contributed by atoms with Gasteiger partial charge in [-0.3, -0.25) is 0 Å². The van der Waals surface area contributed by atoms with Crippen LogP contribution >= 0.6 is 0 Å². The van der Waals surface area contributed by atoms with Crippen LogP contribution in [0.2, 0.25) is 0 Å². The van der Waals surface area contributed by atoms with Gasteiger partial charge in [-0.25, -0.2) is 9.59 Å². The molecule has 108 valence electrons. The van der Waals surface area contributed by atoms with Crippen LogP contribution in [0.25, 0.3) is 0 Å². The molecule has 0 bridgehead atoms. The molecular weight excluding hydrogens is 258 g/mol. The molecule has 1 aromatic carbocycles. The van der Waals surface area contributed by atoms with E-state index in [2.05, 4.69) is 16.0 Å². The minimum absolute atomic E-state index is 0.0815. The molecule has 2 amide bonds. The van der Waals surface area contributed by atoms with Crippen molar-refractivity contribution in [3.8, 4) is 0 Å². The molecule has 0 atom stereocenters. The van der Waals surface area contributed by atoms with Crippen molar-refractivity contribution in [2.24, 2.45) is 0 Å². The molecule has 2 rings (SSSR count). The van der Waals surface area contributed by atoms with Crippen molar-refractivity contribution in [3.05, 3.63) is 29.8 Å². The van der Waals surface area contributed by atoms with Crippen LogP contribution in [0.15, 0.2) is 24.3 Å². The lowest BCUT2D eigenvalue weighted by molar-refractivity contribution is 0.0698. The van der Waals surface area contributed by atoms with Gasteiger partial charge in [0, 0.05) is 12.6 Å². The lowest BCUT2D eigenvalue weighted by atomic mass is 10.2. The van der Waals surface area contributed by atoms with Gasteiger partial charge in [0.2, 0.25) is 0 Å². The summed E-state index contributed by atoms with van der Waals surface area (Å²) < 4.78 is 0. The molecule has 1 aliphatic rings. The number of carbonyl (C=O) groups is 2. The highest BCUT2D eigenvalue weighted by molar-refractivity contribution is 5.99. The third-order valence-corrected chi connectivity index (χ3v) is 3.06. The number of carboxylic acid groups (broad SMARTS) is 1. The van der Waals surface area contributed by atoms with Gasteiger partial charge in [-0.2, -0.15) is 0 Å². The van der Waals surface area contributed by atoms with Gasteiger partial charge in [-0.15, -0.1) is 0 Å². The van der Waals surface area contributed by atoms with E-state index >= 15 is 0 Å². The lowest BCUT2D eigenvalue weighted by Gasteiger charge is -2.10. The van der Waals surface area contributed by atoms with Gasteiger partial charge in [0.25, 0.3) is 0 Å². The zero-order chi connectivity index (χ0) is 14.4. The summed E-state index contributed by atoms with van der Waals surface area (Å²) in [6, 6.07) is 6.61. The molecule has 1 aliphatic carbocycles. The molecule has 4 N–H and O–H groups in total. The molecule has 0 radical (unpaired) electrons. The second kappa shape index (κ2) is 6.91. The third kappa shape index (κ3) is 4.55. The molecule has 0 aromatic heterocycles. The fourth-order valence-corrected chi connectivity index (χ4v) is 1.83. The van der Waals surface area contributed by atoms with Crippen molar-refractivity contribution >= 4 is 17.7 Å². The second-order valence-electron chi connectivity index (χ2n) is 4.81. The normalized spacial score (nSPS) is 13.8. The zero-order valence-electron chi connectivity index (χ0n) is 11.2. The lowest BCUT2D eigenvalue weighted by Crippen LogP contribution is -2.32. The number of hydrogen-bond donors (Lipinski definition) is 4. The Kier molecular flexibility index (Phi) is 4.95. The molecule has 20 heavy (non-hydrogen) atoms. The van der Waals surface area contributed by atoms with E-state index in [4.69, 9.17) is 5.11 Å². The fourth-order valence-electron chi connectivity index (χ4n) is 1.83. The third-order valence-electron chi connectivity index (χ3n) is 3.06. The van der Waals surface area contributed by atoms with Crippen molar-refractivity contribution < 1.29 is 14.7 Å². The maximum Gasteiger partial charge on any atom is 0.337 e. The number of nitrogens with one attached hydrogen (secondary N) is 3. The summed E-state index contributed by atoms with van der Waals surface area (Å²) in [6.07, 6.45) is 3.35. The van der Waals surface area contributed by atoms with Crippen molar-refractivity contribution in [2.75, 3.05) is 18.4 Å². The number of anilines is 1. The Hall–Kier alpha value is -2.08. The van der Waals surface area contributed by atoms with Gasteiger partial charge in [0.15, 0.2) is 0 Å². The minimum atomic E-state index is -1.06. The molecule has 0 heterocycles. The van der Waals surface area contributed by atoms with Crippen molar-refractivity contribution in [3.63, 3.8) is 0 Å². The average molecular weight is 277 g/mol. The van der Waals surface area contributed by atoms with Crippen LogP contribution in [0.1, 0.15) is 29.6 Å². The summed E-state index contributed by atoms with van der Waals surface area (Å²) in [5.41, 5.74) is 0.381. The number of benzene rings is 1. The molecule has 1 saturated carbocycles. The maximum atomic E-state index is 11.7. The topological polar surface area (TPSA) is 90.5 Å². The number of carbonyl (C=O) groups excluding carboxylic acids is 1. The Labute approximate surface area is 117 Å². The van der Waals surface area contributed by atoms with Crippen molar-refractivity contribution in [2.45, 2.75) is 25.3 Å². The van der Waals surface area contributed by atoms with Gasteiger partial charge in [0.1, 0.15) is 0 Å². The summed E-state index contributed by atoms with van der Waals surface area (Å²) in [5, 5.41) is 17.6. The fraction of sp³-hybridized carbons (Fsp3) is 0.429. The van der Waals surface area contributed by atoms with Crippen LogP contribution in [-0.4, -0.2) is 36.2 Å². The first-order chi connectivity index (χ1) is 9.66. The predicted octanol–water partition coefficient (Wildman–Crippen LogP) is 1.65. The van der Waals surface area contributed by atoms with Gasteiger partial charge < -0.3 is 21.1 Å². The first kappa shape index (κ1) is 14.3. The Morgan fingerprint density at radius 1 is 1.20 bits per heavy atom. The highest BCUT2D eigenvalue weighted by Crippen LogP contribution is 2.18. The Morgan fingerprint density at radius 2 is 1.95 bits per heavy atom. The van der Waals surface area contributed by atoms with Crippen LogP contribution < -0.4 is 16.0 Å². The molecule has 0 aliphatic heterocycles. The van der Waals surface area contributed by atoms with Crippen LogP contribution in [0.5, 0.6) is 0 Å². The zero-order valence-corrected chi connectivity index (χ0v) is 11.2. The second-order valence-corrected chi connectivity index (χ2v) is 4.81. The van der Waals surface area contributed by atoms with Crippen LogP contribution in [-0.2, 0) is 0 Å². The highest BCUT2D eigenvalue weighted by Gasteiger charge is 2.19. The molecule has 6 nitrogen and oxygen atoms in total. The first-order valence-electron chi connectivity index (χ1n) is 6.77. The number of aromatic carboxylic acids is 1. The predicted molar refractivity (Wildman–Crippen MR) is 76.1 cm³/mol. The number of hydrogen-bond acceptors (Lipinski definition) is 3. The van der Waals surface area contributed by atoms with E-state index in [0.717, 1.165) is 13.0 Å². The summed E-state index contributed by atoms with van der Waals surface area (Å²) in [7, 11) is 0. The summed E-state index contributed by atoms with van der Waals surface area (Å²) in [5.74, 6) is -1.06. The number of amides is 2. The molecule has 1 fully saturated rings. The van der Waals surface area contributed by atoms with E-state index in [1.807, 2.05) is 0 Å². The number of rotatable bonds is 7. The number of carboxylic acids is 1. The summed E-state index contributed by atoms with van der Waals surface area (Å²) in [6.45, 7) is 1.44. The van der Waals surface area contributed by atoms with Crippen molar-refractivity contribution in [1.82, 2.24) is 10.6 Å². The Balaban J connectivity index is 1.71. The van der Waals surface area contributed by atoms with E-state index in [-0.39, 0.29) is 11.6 Å². The summed E-state index contributed by atoms with van der Waals surface area (Å²) in [4.78, 5) is 22.7. The smallest absolute Gasteiger partial charge is 0.337 e. The van der Waals surface area contributed by atoms with Crippen molar-refractivity contribution in [1.29, 1.82) is 0 Å². The summed E-state index contributed by atoms with van der Waals surface area (Å²) >= 11 is 0. The maximum absolute atomic E-state index is 11.7. The quantitative estimate of drug-likeness (QED) is 0.570. The van der Waals surface area contributed by atoms with Gasteiger partial charge in [0.05, 0.1) is 11.3 Å². The SMILES string of the molecule is O=C(NCCCNC1CC1)Nc1ccccc1C(=O)O. The first-order valence-corrected chi connectivity index (χ1v) is 6.77. The Bertz CT molecular complexity index is 486. The molecular formula is C14H19N3O3. The van der Waals surface area contributed by atoms with Gasteiger partial charge >= 0.3 is 12.0 Å². The monoisotopic (exact) mass is 277 g/mol. The molecule has 0 saturated heterocycles. The number of para-hydroxylation sites is 1. The van der Waals surface area contributed by atoms with E-state index in [1.54, 1.807) is 18.2 Å². The van der Waals surface area contributed by atoms with Gasteiger partial charge in [-0.05, 0) is 37.9 Å². The van der Waals surface area contributed by atoms with Gasteiger partial charge in [-0.1, -0.05) is 12.1 Å². The molecule has 6 heteroatoms. The van der Waals surface area contributed by atoms with E-state index in [1.165, 1.54) is 18.9 Å². The molecule has 0 spiro atoms. The van der Waals surface area contributed by atoms with E-state index < -0.39 is 5.97 Å². The largest absolute Gasteiger partial charge is 0.478 e. The van der Waals surface area contributed by atoms with E-state index in [9.17, 15) is 9.59 Å². The van der Waals surface area contributed by atoms with Crippen LogP contribution in [0.4, 0.5) is 10.5 Å². The highest BCUT2D eigenvalue weighted by atomic mass is 16.4. The molecule has 1 aromatic rings. The van der Waals surface area contributed by atoms with E-state index in [0.29, 0.717) is 18.3 Å². The standard InChI is InChI=1S/C14H19N3O3/c18-13(19)11-4-1-2-5-12(11)17-14(20)16-9-3-8-15-10-6-7-10/h1-2,4-5,10,15H,3,6-9H2,(H,18,19)(H2,16,17,20). The number of urea groups is 1. The minimum Gasteiger partial charge on any atom is -0.478 e. The van der Waals surface area contributed by atoms with Crippen LogP contribution in [0.3, 0.4) is 0 Å². The Morgan fingerprint density at radius 3 is 2.65 bits per heavy atom. The average Bonchev–Trinajstić information content (AvgIpc) is 3.23. The molecule has 0 unspecified atom stereocenters. The van der Waals surface area contributed by atoms with Crippen LogP contribution in [0, 0.1) is 0 Å².